The molecule has 1 aromatic heterocycles. The zero-order valence-corrected chi connectivity index (χ0v) is 14.9. The van der Waals surface area contributed by atoms with E-state index in [-0.39, 0.29) is 5.56 Å². The van der Waals surface area contributed by atoms with E-state index in [1.54, 1.807) is 23.8 Å². The molecule has 2 rings (SSSR count). The monoisotopic (exact) mass is 339 g/mol. The Bertz CT molecular complexity index is 850. The Hall–Kier alpha value is -2.66. The zero-order chi connectivity index (χ0) is 18.2. The number of benzene rings is 1. The number of nitrogens with one attached hydrogen (secondary N) is 1. The summed E-state index contributed by atoms with van der Waals surface area (Å²) in [6.45, 7) is 11.2. The summed E-state index contributed by atoms with van der Waals surface area (Å²) in [6, 6.07) is 5.62. The summed E-state index contributed by atoms with van der Waals surface area (Å²) in [5, 5.41) is 3.87. The predicted molar refractivity (Wildman–Crippen MR) is 104 cm³/mol. The normalized spacial score (nSPS) is 11.5. The van der Waals surface area contributed by atoms with Gasteiger partial charge in [0.2, 0.25) is 0 Å². The van der Waals surface area contributed by atoms with Gasteiger partial charge in [0, 0.05) is 25.9 Å². The van der Waals surface area contributed by atoms with Gasteiger partial charge in [0.25, 0.3) is 5.56 Å². The van der Waals surface area contributed by atoms with Crippen LogP contribution in [0.3, 0.4) is 0 Å². The van der Waals surface area contributed by atoms with E-state index in [4.69, 9.17) is 4.74 Å². The van der Waals surface area contributed by atoms with E-state index in [0.29, 0.717) is 42.8 Å². The fourth-order valence-electron chi connectivity index (χ4n) is 2.65. The van der Waals surface area contributed by atoms with Crippen LogP contribution >= 0.6 is 0 Å². The second kappa shape index (κ2) is 8.99. The first-order chi connectivity index (χ1) is 12.1. The van der Waals surface area contributed by atoms with Crippen molar-refractivity contribution in [2.75, 3.05) is 25.6 Å². The molecule has 0 radical (unpaired) electrons. The molecule has 0 aliphatic carbocycles. The highest BCUT2D eigenvalue weighted by Gasteiger charge is 2.09. The first-order valence-electron chi connectivity index (χ1n) is 8.28. The number of methoxy groups -OCH3 is 1. The lowest BCUT2D eigenvalue weighted by molar-refractivity contribution is 0.211. The molecule has 0 bridgehead atoms. The van der Waals surface area contributed by atoms with E-state index in [2.05, 4.69) is 23.5 Å². The number of anilines is 1. The Labute approximate surface area is 148 Å². The predicted octanol–water partition coefficient (Wildman–Crippen LogP) is 3.45. The first-order valence-corrected chi connectivity index (χ1v) is 8.28. The van der Waals surface area contributed by atoms with Crippen LogP contribution < -0.4 is 10.9 Å². The molecule has 1 aromatic carbocycles. The number of allylic oxidation sites excluding steroid dienone is 4. The van der Waals surface area contributed by atoms with Gasteiger partial charge in [-0.25, -0.2) is 4.98 Å². The van der Waals surface area contributed by atoms with Crippen molar-refractivity contribution in [3.05, 3.63) is 71.3 Å². The molecular formula is C20H25N3O2. The number of hydrogen-bond donors (Lipinski definition) is 1. The quantitative estimate of drug-likeness (QED) is 0.561. The van der Waals surface area contributed by atoms with Crippen molar-refractivity contribution in [3.63, 3.8) is 0 Å². The molecule has 0 aliphatic heterocycles. The Morgan fingerprint density at radius 2 is 2.20 bits per heavy atom. The highest BCUT2D eigenvalue weighted by molar-refractivity contribution is 5.81. The van der Waals surface area contributed by atoms with Crippen LogP contribution in [0.4, 0.5) is 5.69 Å². The maximum absolute atomic E-state index is 12.8. The van der Waals surface area contributed by atoms with Gasteiger partial charge in [-0.2, -0.15) is 0 Å². The second-order valence-electron chi connectivity index (χ2n) is 5.70. The highest BCUT2D eigenvalue weighted by atomic mass is 16.5. The SMILES string of the molecule is C=C/C=C(\C=C)CCn1c(C)nc2cc(NCCOC)ccc2c1=O. The van der Waals surface area contributed by atoms with Crippen molar-refractivity contribution >= 4 is 16.6 Å². The molecule has 2 aromatic rings. The van der Waals surface area contributed by atoms with Crippen LogP contribution in [-0.2, 0) is 11.3 Å². The molecule has 0 atom stereocenters. The lowest BCUT2D eigenvalue weighted by Gasteiger charge is -2.12. The van der Waals surface area contributed by atoms with Crippen molar-refractivity contribution in [2.24, 2.45) is 0 Å². The van der Waals surface area contributed by atoms with Crippen molar-refractivity contribution in [2.45, 2.75) is 19.9 Å². The Morgan fingerprint density at radius 3 is 2.88 bits per heavy atom. The lowest BCUT2D eigenvalue weighted by atomic mass is 10.1. The van der Waals surface area contributed by atoms with Gasteiger partial charge in [-0.05, 0) is 37.1 Å². The highest BCUT2D eigenvalue weighted by Crippen LogP contribution is 2.16. The second-order valence-corrected chi connectivity index (χ2v) is 5.70. The summed E-state index contributed by atoms with van der Waals surface area (Å²) in [4.78, 5) is 17.4. The van der Waals surface area contributed by atoms with Gasteiger partial charge in [-0.15, -0.1) is 0 Å². The van der Waals surface area contributed by atoms with Crippen LogP contribution in [0, 0.1) is 6.92 Å². The molecule has 0 spiro atoms. The van der Waals surface area contributed by atoms with Gasteiger partial charge < -0.3 is 10.1 Å². The smallest absolute Gasteiger partial charge is 0.261 e. The minimum atomic E-state index is -0.0204. The third-order valence-electron chi connectivity index (χ3n) is 4.00. The van der Waals surface area contributed by atoms with Crippen LogP contribution in [0.5, 0.6) is 0 Å². The summed E-state index contributed by atoms with van der Waals surface area (Å²) in [7, 11) is 1.66. The molecule has 1 heterocycles. The van der Waals surface area contributed by atoms with Crippen molar-refractivity contribution < 1.29 is 4.74 Å². The molecular weight excluding hydrogens is 314 g/mol. The molecule has 0 aliphatic rings. The van der Waals surface area contributed by atoms with Gasteiger partial charge >= 0.3 is 0 Å². The molecule has 25 heavy (non-hydrogen) atoms. The average molecular weight is 339 g/mol. The fraction of sp³-hybridized carbons (Fsp3) is 0.300. The standard InChI is InChI=1S/C20H25N3O2/c1-5-7-16(6-2)10-12-23-15(3)22-19-14-17(21-11-13-25-4)8-9-18(19)20(23)24/h5-9,14,21H,1-2,10-13H2,3-4H3/b16-7+. The number of aromatic nitrogens is 2. The zero-order valence-electron chi connectivity index (χ0n) is 14.9. The van der Waals surface area contributed by atoms with Gasteiger partial charge in [-0.3, -0.25) is 9.36 Å². The maximum Gasteiger partial charge on any atom is 0.261 e. The summed E-state index contributed by atoms with van der Waals surface area (Å²) in [6.07, 6.45) is 6.12. The first kappa shape index (κ1) is 18.7. The topological polar surface area (TPSA) is 56.1 Å². The largest absolute Gasteiger partial charge is 0.383 e. The number of hydrogen-bond acceptors (Lipinski definition) is 4. The minimum absolute atomic E-state index is 0.0204. The number of rotatable bonds is 9. The van der Waals surface area contributed by atoms with Gasteiger partial charge in [-0.1, -0.05) is 31.4 Å². The van der Waals surface area contributed by atoms with E-state index in [1.165, 1.54) is 0 Å². The molecule has 132 valence electrons. The van der Waals surface area contributed by atoms with E-state index >= 15 is 0 Å². The lowest BCUT2D eigenvalue weighted by Crippen LogP contribution is -2.24. The van der Waals surface area contributed by atoms with E-state index in [0.717, 1.165) is 11.3 Å². The molecule has 0 amide bonds. The van der Waals surface area contributed by atoms with Gasteiger partial charge in [0.1, 0.15) is 5.82 Å². The summed E-state index contributed by atoms with van der Waals surface area (Å²) in [5.41, 5.74) is 2.65. The number of aryl methyl sites for hydroxylation is 1. The van der Waals surface area contributed by atoms with Crippen molar-refractivity contribution in [1.29, 1.82) is 0 Å². The van der Waals surface area contributed by atoms with Crippen LogP contribution in [0.15, 0.2) is 60.0 Å². The molecule has 0 saturated carbocycles. The van der Waals surface area contributed by atoms with Crippen LogP contribution in [0.1, 0.15) is 12.2 Å². The molecule has 0 unspecified atom stereocenters. The Kier molecular flexibility index (Phi) is 6.71. The van der Waals surface area contributed by atoms with Gasteiger partial charge in [0.15, 0.2) is 0 Å². The molecule has 0 saturated heterocycles. The molecule has 5 heteroatoms. The summed E-state index contributed by atoms with van der Waals surface area (Å²) in [5.74, 6) is 0.702. The Balaban J connectivity index is 2.30. The van der Waals surface area contributed by atoms with Crippen LogP contribution in [0.25, 0.3) is 10.9 Å². The minimum Gasteiger partial charge on any atom is -0.383 e. The number of nitrogens with zero attached hydrogens (tertiary/aromatic N) is 2. The number of fused-ring (bicyclic) bond motifs is 1. The van der Waals surface area contributed by atoms with Crippen LogP contribution in [-0.4, -0.2) is 29.8 Å². The third-order valence-corrected chi connectivity index (χ3v) is 4.00. The van der Waals surface area contributed by atoms with E-state index in [9.17, 15) is 4.79 Å². The number of ether oxygens (including phenoxy) is 1. The van der Waals surface area contributed by atoms with Crippen molar-refractivity contribution in [1.82, 2.24) is 9.55 Å². The third kappa shape index (κ3) is 4.67. The van der Waals surface area contributed by atoms with Gasteiger partial charge in [0.05, 0.1) is 17.5 Å². The Morgan fingerprint density at radius 1 is 1.40 bits per heavy atom. The van der Waals surface area contributed by atoms with Crippen LogP contribution in [0.2, 0.25) is 0 Å². The fourth-order valence-corrected chi connectivity index (χ4v) is 2.65. The summed E-state index contributed by atoms with van der Waals surface area (Å²) < 4.78 is 6.74. The molecule has 1 N–H and O–H groups in total. The van der Waals surface area contributed by atoms with E-state index in [1.807, 2.05) is 31.2 Å². The average Bonchev–Trinajstić information content (AvgIpc) is 2.60. The molecule has 0 fully saturated rings. The summed E-state index contributed by atoms with van der Waals surface area (Å²) >= 11 is 0. The maximum atomic E-state index is 12.8. The van der Waals surface area contributed by atoms with E-state index < -0.39 is 0 Å². The van der Waals surface area contributed by atoms with Crippen molar-refractivity contribution in [3.8, 4) is 0 Å². The molecule has 5 nitrogen and oxygen atoms in total.